The molecule has 13 heavy (non-hydrogen) atoms. The Hall–Kier alpha value is -0.730. The van der Waals surface area contributed by atoms with Crippen LogP contribution in [0.2, 0.25) is 0 Å². The fraction of sp³-hybridized carbons (Fsp3) is 0.833. The second-order valence-electron chi connectivity index (χ2n) is 2.66. The van der Waals surface area contributed by atoms with Crippen LogP contribution in [0.15, 0.2) is 0 Å². The van der Waals surface area contributed by atoms with E-state index in [-0.39, 0.29) is 0 Å². The SMILES string of the molecule is NC(=O)[C@H](N)[C@@H](O)[C@H](O)[C@H](O)CO. The van der Waals surface area contributed by atoms with Crippen molar-refractivity contribution < 1.29 is 25.2 Å². The number of amides is 1. The Morgan fingerprint density at radius 1 is 1.23 bits per heavy atom. The van der Waals surface area contributed by atoms with Crippen molar-refractivity contribution in [3.8, 4) is 0 Å². The van der Waals surface area contributed by atoms with Crippen molar-refractivity contribution in [1.29, 1.82) is 0 Å². The van der Waals surface area contributed by atoms with Gasteiger partial charge in [0.2, 0.25) is 5.91 Å². The molecule has 78 valence electrons. The monoisotopic (exact) mass is 194 g/mol. The van der Waals surface area contributed by atoms with Crippen LogP contribution in [0.5, 0.6) is 0 Å². The molecule has 0 radical (unpaired) electrons. The summed E-state index contributed by atoms with van der Waals surface area (Å²) in [6.07, 6.45) is -4.95. The summed E-state index contributed by atoms with van der Waals surface area (Å²) in [6, 6.07) is -1.48. The normalized spacial score (nSPS) is 20.4. The maximum Gasteiger partial charge on any atom is 0.237 e. The topological polar surface area (TPSA) is 150 Å². The average molecular weight is 194 g/mol. The molecule has 0 unspecified atom stereocenters. The summed E-state index contributed by atoms with van der Waals surface area (Å²) in [7, 11) is 0. The van der Waals surface area contributed by atoms with Crippen LogP contribution in [0.4, 0.5) is 0 Å². The van der Waals surface area contributed by atoms with Gasteiger partial charge in [-0.2, -0.15) is 0 Å². The lowest BCUT2D eigenvalue weighted by Gasteiger charge is -2.24. The maximum absolute atomic E-state index is 10.4. The molecule has 0 bridgehead atoms. The van der Waals surface area contributed by atoms with E-state index in [2.05, 4.69) is 0 Å². The van der Waals surface area contributed by atoms with Gasteiger partial charge in [0.15, 0.2) is 0 Å². The van der Waals surface area contributed by atoms with Crippen molar-refractivity contribution >= 4 is 5.91 Å². The van der Waals surface area contributed by atoms with Gasteiger partial charge in [0.25, 0.3) is 0 Å². The van der Waals surface area contributed by atoms with Crippen molar-refractivity contribution in [2.75, 3.05) is 6.61 Å². The van der Waals surface area contributed by atoms with Crippen LogP contribution in [0, 0.1) is 0 Å². The van der Waals surface area contributed by atoms with Gasteiger partial charge >= 0.3 is 0 Å². The van der Waals surface area contributed by atoms with E-state index >= 15 is 0 Å². The molecule has 0 aliphatic carbocycles. The maximum atomic E-state index is 10.4. The van der Waals surface area contributed by atoms with Crippen molar-refractivity contribution in [3.05, 3.63) is 0 Å². The molecule has 0 aromatic carbocycles. The molecule has 0 aromatic heterocycles. The van der Waals surface area contributed by atoms with Gasteiger partial charge in [-0.15, -0.1) is 0 Å². The second kappa shape index (κ2) is 5.10. The van der Waals surface area contributed by atoms with E-state index in [1.165, 1.54) is 0 Å². The first-order chi connectivity index (χ1) is 5.91. The van der Waals surface area contributed by atoms with Gasteiger partial charge in [-0.25, -0.2) is 0 Å². The average Bonchev–Trinajstić information content (AvgIpc) is 2.12. The summed E-state index contributed by atoms with van der Waals surface area (Å²) >= 11 is 0. The Morgan fingerprint density at radius 3 is 2.00 bits per heavy atom. The molecule has 4 atom stereocenters. The molecule has 0 saturated heterocycles. The first-order valence-corrected chi connectivity index (χ1v) is 3.61. The number of hydrogen-bond donors (Lipinski definition) is 6. The number of aliphatic hydroxyl groups is 4. The van der Waals surface area contributed by atoms with Crippen molar-refractivity contribution in [2.24, 2.45) is 11.5 Å². The number of hydrogen-bond acceptors (Lipinski definition) is 6. The highest BCUT2D eigenvalue weighted by molar-refractivity contribution is 5.80. The minimum absolute atomic E-state index is 0.746. The molecule has 0 heterocycles. The predicted octanol–water partition coefficient (Wildman–Crippen LogP) is -4.13. The lowest BCUT2D eigenvalue weighted by Crippen LogP contribution is -2.54. The zero-order valence-electron chi connectivity index (χ0n) is 6.87. The van der Waals surface area contributed by atoms with Crippen LogP contribution >= 0.6 is 0 Å². The first kappa shape index (κ1) is 12.3. The van der Waals surface area contributed by atoms with E-state index in [9.17, 15) is 4.79 Å². The highest BCUT2D eigenvalue weighted by Crippen LogP contribution is 2.02. The van der Waals surface area contributed by atoms with Gasteiger partial charge in [-0.1, -0.05) is 0 Å². The quantitative estimate of drug-likeness (QED) is 0.261. The van der Waals surface area contributed by atoms with Crippen LogP contribution in [-0.2, 0) is 4.79 Å². The van der Waals surface area contributed by atoms with Crippen LogP contribution in [0.25, 0.3) is 0 Å². The minimum atomic E-state index is -1.70. The third-order valence-corrected chi connectivity index (χ3v) is 1.63. The molecule has 0 aromatic rings. The molecule has 0 fully saturated rings. The zero-order valence-corrected chi connectivity index (χ0v) is 6.87. The highest BCUT2D eigenvalue weighted by atomic mass is 16.4. The minimum Gasteiger partial charge on any atom is -0.394 e. The smallest absolute Gasteiger partial charge is 0.237 e. The number of carbonyl (C=O) groups is 1. The number of primary amides is 1. The molecule has 7 heteroatoms. The molecule has 7 nitrogen and oxygen atoms in total. The Kier molecular flexibility index (Phi) is 4.81. The lowest BCUT2D eigenvalue weighted by molar-refractivity contribution is -0.128. The first-order valence-electron chi connectivity index (χ1n) is 3.61. The third kappa shape index (κ3) is 3.25. The van der Waals surface area contributed by atoms with Crippen molar-refractivity contribution in [1.82, 2.24) is 0 Å². The number of aliphatic hydroxyl groups excluding tert-OH is 4. The van der Waals surface area contributed by atoms with Gasteiger partial charge in [0.05, 0.1) is 6.61 Å². The largest absolute Gasteiger partial charge is 0.394 e. The van der Waals surface area contributed by atoms with E-state index in [0.29, 0.717) is 0 Å². The Labute approximate surface area is 74.6 Å². The highest BCUT2D eigenvalue weighted by Gasteiger charge is 2.31. The van der Waals surface area contributed by atoms with Crippen LogP contribution in [-0.4, -0.2) is 57.3 Å². The molecular formula is C6H14N2O5. The predicted molar refractivity (Wildman–Crippen MR) is 42.3 cm³/mol. The lowest BCUT2D eigenvalue weighted by atomic mass is 10.0. The summed E-state index contributed by atoms with van der Waals surface area (Å²) in [6.45, 7) is -0.746. The Bertz CT molecular complexity index is 176. The van der Waals surface area contributed by atoms with Crippen LogP contribution in [0.3, 0.4) is 0 Å². The molecule has 0 aliphatic heterocycles. The van der Waals surface area contributed by atoms with Gasteiger partial charge in [-0.3, -0.25) is 4.79 Å². The van der Waals surface area contributed by atoms with Gasteiger partial charge < -0.3 is 31.9 Å². The van der Waals surface area contributed by atoms with Crippen molar-refractivity contribution in [3.63, 3.8) is 0 Å². The Morgan fingerprint density at radius 2 is 1.69 bits per heavy atom. The summed E-state index contributed by atoms with van der Waals surface area (Å²) in [5.41, 5.74) is 9.81. The van der Waals surface area contributed by atoms with Crippen LogP contribution < -0.4 is 11.5 Å². The van der Waals surface area contributed by atoms with Gasteiger partial charge in [-0.05, 0) is 0 Å². The van der Waals surface area contributed by atoms with E-state index in [1.807, 2.05) is 0 Å². The molecule has 0 saturated carbocycles. The van der Waals surface area contributed by atoms with Crippen LogP contribution in [0.1, 0.15) is 0 Å². The fourth-order valence-corrected chi connectivity index (χ4v) is 0.716. The standard InChI is InChI=1S/C6H14N2O5/c7-3(6(8)13)5(12)4(11)2(10)1-9/h2-5,9-12H,1,7H2,(H2,8,13)/t2-,3-,4-,5-/m1/s1. The van der Waals surface area contributed by atoms with E-state index in [1.54, 1.807) is 0 Å². The fourth-order valence-electron chi connectivity index (χ4n) is 0.716. The van der Waals surface area contributed by atoms with E-state index in [0.717, 1.165) is 0 Å². The van der Waals surface area contributed by atoms with Crippen molar-refractivity contribution in [2.45, 2.75) is 24.4 Å². The molecule has 8 N–H and O–H groups in total. The Balaban J connectivity index is 4.24. The number of carbonyl (C=O) groups excluding carboxylic acids is 1. The summed E-state index contributed by atoms with van der Waals surface area (Å²) in [4.78, 5) is 10.4. The summed E-state index contributed by atoms with van der Waals surface area (Å²) in [5, 5.41) is 35.4. The van der Waals surface area contributed by atoms with E-state index < -0.39 is 36.9 Å². The summed E-state index contributed by atoms with van der Waals surface area (Å²) in [5.74, 6) is -1.00. The molecular weight excluding hydrogens is 180 g/mol. The molecule has 0 rings (SSSR count). The van der Waals surface area contributed by atoms with E-state index in [4.69, 9.17) is 31.9 Å². The molecule has 0 aliphatic rings. The summed E-state index contributed by atoms with van der Waals surface area (Å²) < 4.78 is 0. The molecule has 1 amide bonds. The van der Waals surface area contributed by atoms with Gasteiger partial charge in [0, 0.05) is 0 Å². The zero-order chi connectivity index (χ0) is 10.6. The number of rotatable bonds is 5. The second-order valence-corrected chi connectivity index (χ2v) is 2.66. The number of nitrogens with two attached hydrogens (primary N) is 2. The van der Waals surface area contributed by atoms with Gasteiger partial charge in [0.1, 0.15) is 24.4 Å². The third-order valence-electron chi connectivity index (χ3n) is 1.63. The molecule has 0 spiro atoms.